The summed E-state index contributed by atoms with van der Waals surface area (Å²) >= 11 is 0. The number of aromatic amines is 1. The topological polar surface area (TPSA) is 75.5 Å². The van der Waals surface area contributed by atoms with E-state index in [0.717, 1.165) is 27.9 Å². The number of nitrogens with zero attached hydrogens (tertiary/aromatic N) is 1. The second-order valence-electron chi connectivity index (χ2n) is 7.15. The van der Waals surface area contributed by atoms with Crippen molar-refractivity contribution < 1.29 is 18.7 Å². The average molecular weight is 378 g/mol. The number of rotatable bonds is 3. The van der Waals surface area contributed by atoms with Gasteiger partial charge in [-0.2, -0.15) is 0 Å². The van der Waals surface area contributed by atoms with E-state index in [4.69, 9.17) is 9.15 Å². The van der Waals surface area contributed by atoms with Crippen LogP contribution in [0.4, 0.5) is 0 Å². The minimum absolute atomic E-state index is 0.307. The van der Waals surface area contributed by atoms with Crippen molar-refractivity contribution in [2.45, 2.75) is 32.4 Å². The maximum atomic E-state index is 13.1. The zero-order valence-electron chi connectivity index (χ0n) is 16.1. The van der Waals surface area contributed by atoms with Gasteiger partial charge in [0.05, 0.1) is 12.8 Å². The molecule has 1 aliphatic heterocycles. The highest BCUT2D eigenvalue weighted by Crippen LogP contribution is 2.42. The number of fused-ring (bicyclic) bond motifs is 3. The number of methoxy groups -OCH3 is 1. The van der Waals surface area contributed by atoms with Crippen LogP contribution in [0.25, 0.3) is 10.9 Å². The van der Waals surface area contributed by atoms with Crippen LogP contribution in [0.3, 0.4) is 0 Å². The number of carbonyl (C=O) groups is 2. The summed E-state index contributed by atoms with van der Waals surface area (Å²) in [6, 6.07) is 10.3. The summed E-state index contributed by atoms with van der Waals surface area (Å²) in [5.41, 5.74) is 3.15. The molecule has 0 radical (unpaired) electrons. The van der Waals surface area contributed by atoms with Gasteiger partial charge in [-0.3, -0.25) is 4.79 Å². The number of ether oxygens (including phenoxy) is 1. The summed E-state index contributed by atoms with van der Waals surface area (Å²) in [4.78, 5) is 30.7. The highest BCUT2D eigenvalue weighted by molar-refractivity contribution is 5.97. The summed E-state index contributed by atoms with van der Waals surface area (Å²) in [5, 5.41) is 1.03. The van der Waals surface area contributed by atoms with Crippen molar-refractivity contribution in [2.75, 3.05) is 7.11 Å². The number of nitrogens with one attached hydrogen (secondary N) is 1. The van der Waals surface area contributed by atoms with Gasteiger partial charge in [0.2, 0.25) is 0 Å². The van der Waals surface area contributed by atoms with Crippen molar-refractivity contribution in [3.8, 4) is 0 Å². The molecule has 0 spiro atoms. The number of H-pyrrole nitrogens is 1. The third-order valence-electron chi connectivity index (χ3n) is 5.24. The summed E-state index contributed by atoms with van der Waals surface area (Å²) in [6.07, 6.45) is 0.362. The van der Waals surface area contributed by atoms with Gasteiger partial charge >= 0.3 is 5.97 Å². The molecule has 144 valence electrons. The van der Waals surface area contributed by atoms with Gasteiger partial charge in [0.25, 0.3) is 5.91 Å². The molecule has 0 saturated heterocycles. The standard InChI is InChI=1S/C22H22N2O4/c1-12(2)21(25)24-17(22(26)27-4)11-15-14-7-5-6-8-16(14)23-19(15)20(24)18-10-9-13(3)28-18/h5-10,17,20,23H,1,11H2,2-4H3/t17-,20-/m0/s1. The van der Waals surface area contributed by atoms with Crippen LogP contribution in [0, 0.1) is 6.92 Å². The second-order valence-corrected chi connectivity index (χ2v) is 7.15. The fourth-order valence-corrected chi connectivity index (χ4v) is 3.98. The van der Waals surface area contributed by atoms with Gasteiger partial charge in [-0.1, -0.05) is 24.8 Å². The van der Waals surface area contributed by atoms with Crippen LogP contribution in [-0.4, -0.2) is 34.9 Å². The Labute approximate surface area is 162 Å². The fraction of sp³-hybridized carbons (Fsp3) is 0.273. The molecule has 0 unspecified atom stereocenters. The first-order valence-electron chi connectivity index (χ1n) is 9.14. The van der Waals surface area contributed by atoms with Gasteiger partial charge < -0.3 is 19.0 Å². The van der Waals surface area contributed by atoms with E-state index in [0.29, 0.717) is 17.8 Å². The zero-order chi connectivity index (χ0) is 20.0. The Balaban J connectivity index is 1.99. The third-order valence-corrected chi connectivity index (χ3v) is 5.24. The number of hydrogen-bond donors (Lipinski definition) is 1. The van der Waals surface area contributed by atoms with Gasteiger partial charge in [-0.05, 0) is 37.6 Å². The molecule has 1 N–H and O–H groups in total. The molecule has 28 heavy (non-hydrogen) atoms. The third kappa shape index (κ3) is 2.72. The highest BCUT2D eigenvalue weighted by Gasteiger charge is 2.45. The lowest BCUT2D eigenvalue weighted by atomic mass is 9.89. The Hall–Kier alpha value is -3.28. The minimum Gasteiger partial charge on any atom is -0.467 e. The molecule has 1 aliphatic rings. The maximum Gasteiger partial charge on any atom is 0.328 e. The number of hydrogen-bond acceptors (Lipinski definition) is 4. The number of amides is 1. The largest absolute Gasteiger partial charge is 0.467 e. The van der Waals surface area contributed by atoms with Gasteiger partial charge in [0.15, 0.2) is 0 Å². The molecular weight excluding hydrogens is 356 g/mol. The number of esters is 1. The Morgan fingerprint density at radius 1 is 1.25 bits per heavy atom. The maximum absolute atomic E-state index is 13.1. The molecule has 0 fully saturated rings. The summed E-state index contributed by atoms with van der Waals surface area (Å²) < 4.78 is 10.9. The van der Waals surface area contributed by atoms with Crippen molar-refractivity contribution in [3.63, 3.8) is 0 Å². The Kier molecular flexibility index (Phi) is 4.34. The molecule has 0 saturated carbocycles. The van der Waals surface area contributed by atoms with E-state index in [1.54, 1.807) is 6.92 Å². The molecule has 6 nitrogen and oxygen atoms in total. The average Bonchev–Trinajstić information content (AvgIpc) is 3.28. The van der Waals surface area contributed by atoms with E-state index < -0.39 is 18.1 Å². The van der Waals surface area contributed by atoms with Crippen LogP contribution in [0.2, 0.25) is 0 Å². The smallest absolute Gasteiger partial charge is 0.328 e. The molecule has 2 aromatic heterocycles. The van der Waals surface area contributed by atoms with E-state index in [1.165, 1.54) is 12.0 Å². The number of para-hydroxylation sites is 1. The van der Waals surface area contributed by atoms with E-state index in [2.05, 4.69) is 11.6 Å². The van der Waals surface area contributed by atoms with Gasteiger partial charge in [-0.15, -0.1) is 0 Å². The molecule has 3 heterocycles. The predicted octanol–water partition coefficient (Wildman–Crippen LogP) is 3.66. The van der Waals surface area contributed by atoms with Gasteiger partial charge in [0, 0.05) is 22.9 Å². The van der Waals surface area contributed by atoms with Crippen molar-refractivity contribution in [3.05, 3.63) is 71.3 Å². The Morgan fingerprint density at radius 2 is 2.00 bits per heavy atom. The van der Waals surface area contributed by atoms with Gasteiger partial charge in [-0.25, -0.2) is 4.79 Å². The number of aromatic nitrogens is 1. The van der Waals surface area contributed by atoms with Crippen molar-refractivity contribution >= 4 is 22.8 Å². The molecule has 0 aliphatic carbocycles. The lowest BCUT2D eigenvalue weighted by Crippen LogP contribution is -2.52. The highest BCUT2D eigenvalue weighted by atomic mass is 16.5. The number of furan rings is 1. The first-order valence-corrected chi connectivity index (χ1v) is 9.14. The number of benzene rings is 1. The molecule has 6 heteroatoms. The normalized spacial score (nSPS) is 18.8. The lowest BCUT2D eigenvalue weighted by molar-refractivity contribution is -0.154. The summed E-state index contributed by atoms with van der Waals surface area (Å²) in [7, 11) is 1.34. The van der Waals surface area contributed by atoms with Crippen LogP contribution >= 0.6 is 0 Å². The number of carbonyl (C=O) groups excluding carboxylic acids is 2. The molecule has 2 atom stereocenters. The van der Waals surface area contributed by atoms with Crippen LogP contribution < -0.4 is 0 Å². The van der Waals surface area contributed by atoms with Crippen molar-refractivity contribution in [1.82, 2.24) is 9.88 Å². The number of aryl methyl sites for hydroxylation is 1. The second kappa shape index (κ2) is 6.71. The molecule has 0 bridgehead atoms. The van der Waals surface area contributed by atoms with Crippen LogP contribution in [0.5, 0.6) is 0 Å². The fourth-order valence-electron chi connectivity index (χ4n) is 3.98. The SMILES string of the molecule is C=C(C)C(=O)N1[C@@H](c2ccc(C)o2)c2[nH]c3ccccc3c2C[C@H]1C(=O)OC. The molecule has 3 aromatic rings. The molecule has 1 aromatic carbocycles. The van der Waals surface area contributed by atoms with E-state index in [-0.39, 0.29) is 5.91 Å². The van der Waals surface area contributed by atoms with E-state index in [9.17, 15) is 9.59 Å². The van der Waals surface area contributed by atoms with E-state index >= 15 is 0 Å². The predicted molar refractivity (Wildman–Crippen MR) is 105 cm³/mol. The quantitative estimate of drug-likeness (QED) is 0.557. The zero-order valence-corrected chi connectivity index (χ0v) is 16.1. The monoisotopic (exact) mass is 378 g/mol. The van der Waals surface area contributed by atoms with E-state index in [1.807, 2.05) is 43.3 Å². The lowest BCUT2D eigenvalue weighted by Gasteiger charge is -2.39. The van der Waals surface area contributed by atoms with Crippen LogP contribution in [0.1, 0.15) is 35.7 Å². The first-order chi connectivity index (χ1) is 13.4. The molecule has 1 amide bonds. The first kappa shape index (κ1) is 18.1. The van der Waals surface area contributed by atoms with Gasteiger partial charge in [0.1, 0.15) is 23.6 Å². The van der Waals surface area contributed by atoms with Crippen LogP contribution in [-0.2, 0) is 20.7 Å². The summed E-state index contributed by atoms with van der Waals surface area (Å²) in [5.74, 6) is 0.557. The van der Waals surface area contributed by atoms with Crippen molar-refractivity contribution in [1.29, 1.82) is 0 Å². The van der Waals surface area contributed by atoms with Crippen molar-refractivity contribution in [2.24, 2.45) is 0 Å². The van der Waals surface area contributed by atoms with Crippen LogP contribution in [0.15, 0.2) is 53.0 Å². The molecule has 4 rings (SSSR count). The Bertz CT molecular complexity index is 1090. The minimum atomic E-state index is -0.767. The Morgan fingerprint density at radius 3 is 2.64 bits per heavy atom. The molecular formula is C22H22N2O4. The summed E-state index contributed by atoms with van der Waals surface area (Å²) in [6.45, 7) is 7.29.